The van der Waals surface area contributed by atoms with Gasteiger partial charge in [-0.25, -0.2) is 4.98 Å². The molecule has 14 heavy (non-hydrogen) atoms. The van der Waals surface area contributed by atoms with Crippen LogP contribution in [0.2, 0.25) is 0 Å². The van der Waals surface area contributed by atoms with Crippen molar-refractivity contribution in [3.8, 4) is 11.7 Å². The van der Waals surface area contributed by atoms with E-state index in [1.54, 1.807) is 18.5 Å². The van der Waals surface area contributed by atoms with Crippen LogP contribution in [0.3, 0.4) is 0 Å². The second-order valence-electron chi connectivity index (χ2n) is 3.18. The zero-order valence-electron chi connectivity index (χ0n) is 7.93. The second-order valence-corrected chi connectivity index (χ2v) is 3.18. The molecule has 0 bridgehead atoms. The normalized spacial score (nSPS) is 13.0. The molecule has 74 valence electrons. The summed E-state index contributed by atoms with van der Waals surface area (Å²) >= 11 is 0. The standard InChI is InChI=1S/C10H12N2O2/c1-7(5-11)9-6-12-10(14-9)8-3-2-4-13-8/h2-4,6-7H,5,11H2,1H3. The second kappa shape index (κ2) is 3.67. The minimum Gasteiger partial charge on any atom is -0.459 e. The van der Waals surface area contributed by atoms with Crippen molar-refractivity contribution in [2.75, 3.05) is 6.54 Å². The van der Waals surface area contributed by atoms with Gasteiger partial charge < -0.3 is 14.6 Å². The minimum absolute atomic E-state index is 0.186. The molecule has 4 nitrogen and oxygen atoms in total. The van der Waals surface area contributed by atoms with E-state index in [9.17, 15) is 0 Å². The third-order valence-corrected chi connectivity index (χ3v) is 2.09. The molecule has 0 aliphatic carbocycles. The van der Waals surface area contributed by atoms with Crippen molar-refractivity contribution in [1.82, 2.24) is 4.98 Å². The van der Waals surface area contributed by atoms with Crippen molar-refractivity contribution in [2.45, 2.75) is 12.8 Å². The fraction of sp³-hybridized carbons (Fsp3) is 0.300. The number of oxazole rings is 1. The highest BCUT2D eigenvalue weighted by Gasteiger charge is 2.12. The Morgan fingerprint density at radius 2 is 2.43 bits per heavy atom. The van der Waals surface area contributed by atoms with Crippen molar-refractivity contribution in [3.05, 3.63) is 30.4 Å². The molecule has 0 spiro atoms. The van der Waals surface area contributed by atoms with Crippen molar-refractivity contribution in [1.29, 1.82) is 0 Å². The molecule has 1 atom stereocenters. The predicted octanol–water partition coefficient (Wildman–Crippen LogP) is 2.00. The Labute approximate surface area is 81.7 Å². The third-order valence-electron chi connectivity index (χ3n) is 2.09. The first-order valence-corrected chi connectivity index (χ1v) is 4.51. The number of hydrogen-bond donors (Lipinski definition) is 1. The SMILES string of the molecule is CC(CN)c1cnc(-c2ccco2)o1. The molecule has 2 aromatic rings. The lowest BCUT2D eigenvalue weighted by Gasteiger charge is -2.01. The van der Waals surface area contributed by atoms with Gasteiger partial charge in [0, 0.05) is 12.5 Å². The highest BCUT2D eigenvalue weighted by atomic mass is 16.4. The van der Waals surface area contributed by atoms with Gasteiger partial charge in [-0.3, -0.25) is 0 Å². The molecule has 0 saturated heterocycles. The molecular weight excluding hydrogens is 180 g/mol. The number of hydrogen-bond acceptors (Lipinski definition) is 4. The fourth-order valence-corrected chi connectivity index (χ4v) is 1.14. The lowest BCUT2D eigenvalue weighted by Crippen LogP contribution is -2.07. The molecule has 0 fully saturated rings. The molecule has 0 aliphatic heterocycles. The summed E-state index contributed by atoms with van der Waals surface area (Å²) in [6.45, 7) is 2.54. The number of furan rings is 1. The molecule has 0 aromatic carbocycles. The topological polar surface area (TPSA) is 65.2 Å². The van der Waals surface area contributed by atoms with Crippen molar-refractivity contribution >= 4 is 0 Å². The molecule has 2 rings (SSSR count). The average Bonchev–Trinajstić information content (AvgIpc) is 2.86. The van der Waals surface area contributed by atoms with Crippen LogP contribution >= 0.6 is 0 Å². The molecule has 2 heterocycles. The molecule has 0 radical (unpaired) electrons. The first-order chi connectivity index (χ1) is 6.81. The molecule has 0 saturated carbocycles. The Hall–Kier alpha value is -1.55. The Kier molecular flexibility index (Phi) is 2.37. The van der Waals surface area contributed by atoms with E-state index in [0.29, 0.717) is 18.2 Å². The van der Waals surface area contributed by atoms with Gasteiger partial charge in [-0.2, -0.15) is 0 Å². The fourth-order valence-electron chi connectivity index (χ4n) is 1.14. The summed E-state index contributed by atoms with van der Waals surface area (Å²) in [5.74, 6) is 2.12. The van der Waals surface area contributed by atoms with Crippen molar-refractivity contribution in [2.24, 2.45) is 5.73 Å². The van der Waals surface area contributed by atoms with Crippen LogP contribution < -0.4 is 5.73 Å². The van der Waals surface area contributed by atoms with Crippen LogP contribution in [0.25, 0.3) is 11.7 Å². The van der Waals surface area contributed by atoms with Gasteiger partial charge in [-0.15, -0.1) is 0 Å². The zero-order chi connectivity index (χ0) is 9.97. The first kappa shape index (κ1) is 9.02. The maximum Gasteiger partial charge on any atom is 0.262 e. The summed E-state index contributed by atoms with van der Waals surface area (Å²) in [6, 6.07) is 3.61. The molecule has 0 amide bonds. The molecule has 4 heteroatoms. The molecule has 0 aliphatic rings. The van der Waals surface area contributed by atoms with Gasteiger partial charge in [0.15, 0.2) is 5.76 Å². The van der Waals surface area contributed by atoms with E-state index >= 15 is 0 Å². The number of rotatable bonds is 3. The molecule has 1 unspecified atom stereocenters. The van der Waals surface area contributed by atoms with E-state index in [2.05, 4.69) is 4.98 Å². The van der Waals surface area contributed by atoms with E-state index < -0.39 is 0 Å². The molecular formula is C10H12N2O2. The van der Waals surface area contributed by atoms with Crippen LogP contribution in [0.4, 0.5) is 0 Å². The summed E-state index contributed by atoms with van der Waals surface area (Å²) < 4.78 is 10.7. The Morgan fingerprint density at radius 3 is 3.07 bits per heavy atom. The summed E-state index contributed by atoms with van der Waals surface area (Å²) in [5, 5.41) is 0. The third kappa shape index (κ3) is 1.56. The van der Waals surface area contributed by atoms with Gasteiger partial charge in [-0.05, 0) is 12.1 Å². The van der Waals surface area contributed by atoms with Crippen LogP contribution in [0.1, 0.15) is 18.6 Å². The number of nitrogens with zero attached hydrogens (tertiary/aromatic N) is 1. The summed E-state index contributed by atoms with van der Waals surface area (Å²) in [6.07, 6.45) is 3.28. The van der Waals surface area contributed by atoms with E-state index in [0.717, 1.165) is 5.76 Å². The number of nitrogens with two attached hydrogens (primary N) is 1. The lowest BCUT2D eigenvalue weighted by molar-refractivity contribution is 0.464. The van der Waals surface area contributed by atoms with E-state index in [1.807, 2.05) is 13.0 Å². The number of aromatic nitrogens is 1. The monoisotopic (exact) mass is 192 g/mol. The van der Waals surface area contributed by atoms with Gasteiger partial charge in [0.25, 0.3) is 5.89 Å². The van der Waals surface area contributed by atoms with E-state index in [-0.39, 0.29) is 5.92 Å². The summed E-state index contributed by atoms with van der Waals surface area (Å²) in [7, 11) is 0. The molecule has 2 aromatic heterocycles. The lowest BCUT2D eigenvalue weighted by atomic mass is 10.1. The van der Waals surface area contributed by atoms with Gasteiger partial charge in [0.05, 0.1) is 12.5 Å². The first-order valence-electron chi connectivity index (χ1n) is 4.51. The Morgan fingerprint density at radius 1 is 1.57 bits per heavy atom. The highest BCUT2D eigenvalue weighted by molar-refractivity contribution is 5.43. The quantitative estimate of drug-likeness (QED) is 0.807. The maximum absolute atomic E-state index is 5.52. The van der Waals surface area contributed by atoms with Gasteiger partial charge in [0.1, 0.15) is 5.76 Å². The smallest absolute Gasteiger partial charge is 0.262 e. The van der Waals surface area contributed by atoms with Crippen molar-refractivity contribution < 1.29 is 8.83 Å². The largest absolute Gasteiger partial charge is 0.459 e. The van der Waals surface area contributed by atoms with E-state index in [1.165, 1.54) is 0 Å². The Balaban J connectivity index is 2.26. The predicted molar refractivity (Wildman–Crippen MR) is 51.7 cm³/mol. The van der Waals surface area contributed by atoms with Gasteiger partial charge in [0.2, 0.25) is 0 Å². The summed E-state index contributed by atoms with van der Waals surface area (Å²) in [4.78, 5) is 4.11. The maximum atomic E-state index is 5.52. The average molecular weight is 192 g/mol. The van der Waals surface area contributed by atoms with Crippen LogP contribution in [0.15, 0.2) is 33.4 Å². The minimum atomic E-state index is 0.186. The van der Waals surface area contributed by atoms with Gasteiger partial charge in [-0.1, -0.05) is 6.92 Å². The van der Waals surface area contributed by atoms with Crippen LogP contribution in [0.5, 0.6) is 0 Å². The van der Waals surface area contributed by atoms with Crippen LogP contribution in [0, 0.1) is 0 Å². The van der Waals surface area contributed by atoms with Gasteiger partial charge >= 0.3 is 0 Å². The highest BCUT2D eigenvalue weighted by Crippen LogP contribution is 2.22. The van der Waals surface area contributed by atoms with Crippen LogP contribution in [-0.4, -0.2) is 11.5 Å². The van der Waals surface area contributed by atoms with Crippen LogP contribution in [-0.2, 0) is 0 Å². The van der Waals surface area contributed by atoms with E-state index in [4.69, 9.17) is 14.6 Å². The molecule has 2 N–H and O–H groups in total. The zero-order valence-corrected chi connectivity index (χ0v) is 7.93. The Bertz CT molecular complexity index is 392. The summed E-state index contributed by atoms with van der Waals surface area (Å²) in [5.41, 5.74) is 5.52. The van der Waals surface area contributed by atoms with Crippen molar-refractivity contribution in [3.63, 3.8) is 0 Å².